The maximum Gasteiger partial charge on any atom is 0.310 e. The van der Waals surface area contributed by atoms with Gasteiger partial charge in [-0.25, -0.2) is 0 Å². The van der Waals surface area contributed by atoms with Gasteiger partial charge in [-0.05, 0) is 64.2 Å². The molecule has 0 aliphatic carbocycles. The summed E-state index contributed by atoms with van der Waals surface area (Å²) in [6.45, 7) is 4.52. The molecule has 0 aromatic carbocycles. The second kappa shape index (κ2) is 47.2. The Morgan fingerprint density at radius 2 is 0.923 bits per heavy atom. The summed E-state index contributed by atoms with van der Waals surface area (Å²) in [6, 6.07) is 0. The quantitative estimate of drug-likeness (QED) is 0.0195. The summed E-state index contributed by atoms with van der Waals surface area (Å²) >= 11 is 0. The van der Waals surface area contributed by atoms with E-state index in [1.165, 1.54) is 128 Å². The predicted molar refractivity (Wildman–Crippen MR) is 269 cm³/mol. The molecule has 0 fully saturated rings. The van der Waals surface area contributed by atoms with Crippen molar-refractivity contribution >= 4 is 17.9 Å². The molecule has 65 heavy (non-hydrogen) atoms. The van der Waals surface area contributed by atoms with E-state index in [4.69, 9.17) is 18.9 Å². The van der Waals surface area contributed by atoms with Crippen LogP contribution in [0.3, 0.4) is 0 Å². The molecule has 374 valence electrons. The Morgan fingerprint density at radius 1 is 0.492 bits per heavy atom. The Bertz CT molecular complexity index is 1290. The molecule has 9 heteroatoms. The first-order valence-corrected chi connectivity index (χ1v) is 26.1. The summed E-state index contributed by atoms with van der Waals surface area (Å²) in [5.74, 6) is -2.45. The van der Waals surface area contributed by atoms with Crippen LogP contribution >= 0.6 is 0 Å². The van der Waals surface area contributed by atoms with Crippen molar-refractivity contribution in [1.29, 1.82) is 0 Å². The van der Waals surface area contributed by atoms with Crippen LogP contribution in [0, 0.1) is 0 Å². The number of nitrogens with zero attached hydrogens (tertiary/aromatic N) is 1. The van der Waals surface area contributed by atoms with Gasteiger partial charge >= 0.3 is 11.9 Å². The van der Waals surface area contributed by atoms with E-state index in [1.54, 1.807) is 6.08 Å². The third-order valence-electron chi connectivity index (χ3n) is 11.0. The van der Waals surface area contributed by atoms with Gasteiger partial charge in [0.25, 0.3) is 0 Å². The molecule has 0 aliphatic rings. The smallest absolute Gasteiger partial charge is 0.310 e. The van der Waals surface area contributed by atoms with Crippen LogP contribution in [0.5, 0.6) is 0 Å². The largest absolute Gasteiger partial charge is 0.545 e. The van der Waals surface area contributed by atoms with E-state index in [0.29, 0.717) is 17.4 Å². The fourth-order valence-electron chi connectivity index (χ4n) is 6.96. The zero-order chi connectivity index (χ0) is 47.7. The Balaban J connectivity index is 4.33. The van der Waals surface area contributed by atoms with Crippen LogP contribution in [0.15, 0.2) is 72.9 Å². The maximum atomic E-state index is 12.7. The fraction of sp³-hybridized carbons (Fsp3) is 0.732. The van der Waals surface area contributed by atoms with Gasteiger partial charge in [0.05, 0.1) is 46.7 Å². The van der Waals surface area contributed by atoms with Crippen LogP contribution in [0.4, 0.5) is 0 Å². The van der Waals surface area contributed by atoms with Crippen LogP contribution in [0.25, 0.3) is 0 Å². The summed E-state index contributed by atoms with van der Waals surface area (Å²) in [5.41, 5.74) is 0. The normalized spacial score (nSPS) is 13.4. The molecular formula is C56H97NO8. The highest BCUT2D eigenvalue weighted by Gasteiger charge is 2.21. The molecule has 2 atom stereocenters. The first-order chi connectivity index (χ1) is 31.6. The highest BCUT2D eigenvalue weighted by Crippen LogP contribution is 2.15. The lowest BCUT2D eigenvalue weighted by molar-refractivity contribution is -0.870. The van der Waals surface area contributed by atoms with E-state index in [0.717, 1.165) is 44.9 Å². The van der Waals surface area contributed by atoms with Gasteiger partial charge in [-0.2, -0.15) is 0 Å². The molecule has 9 nitrogen and oxygen atoms in total. The van der Waals surface area contributed by atoms with E-state index in [9.17, 15) is 19.5 Å². The van der Waals surface area contributed by atoms with Crippen LogP contribution < -0.4 is 5.11 Å². The summed E-state index contributed by atoms with van der Waals surface area (Å²) in [5, 5.41) is 11.7. The van der Waals surface area contributed by atoms with Gasteiger partial charge in [0, 0.05) is 6.42 Å². The molecule has 0 aromatic heterocycles. The third-order valence-corrected chi connectivity index (χ3v) is 11.0. The van der Waals surface area contributed by atoms with Crippen LogP contribution in [0.1, 0.15) is 206 Å². The van der Waals surface area contributed by atoms with Crippen molar-refractivity contribution in [2.45, 2.75) is 219 Å². The zero-order valence-electron chi connectivity index (χ0n) is 42.3. The van der Waals surface area contributed by atoms with E-state index in [2.05, 4.69) is 68.5 Å². The van der Waals surface area contributed by atoms with Crippen molar-refractivity contribution in [3.05, 3.63) is 72.9 Å². The zero-order valence-corrected chi connectivity index (χ0v) is 42.3. The standard InChI is InChI=1S/C56H97NO8/c1-6-8-10-12-14-16-18-20-22-23-24-25-26-27-28-29-30-31-33-34-36-38-40-42-44-46-53(58)63-50-52(51-64-56(55(60)61)62-49-48-57(3,4)5)65-54(59)47-45-43-41-39-37-35-32-21-19-17-15-13-11-9-7-2/h9,11,15,17,21,23-24,32,37,39,43,45,52,56H,6-8,10,12-14,16,18-20,22,25-31,33-36,38,40-42,44,46-51H2,1-5H3/b11-9-,17-15-,24-23-,32-21-,39-37-,45-43-. The van der Waals surface area contributed by atoms with E-state index in [1.807, 2.05) is 33.3 Å². The van der Waals surface area contributed by atoms with E-state index >= 15 is 0 Å². The Labute approximate surface area is 398 Å². The van der Waals surface area contributed by atoms with Crippen molar-refractivity contribution in [2.24, 2.45) is 0 Å². The Hall–Kier alpha value is -3.27. The molecule has 0 bridgehead atoms. The number of carboxylic acids is 1. The van der Waals surface area contributed by atoms with Crippen LogP contribution in [-0.4, -0.2) is 82.3 Å². The lowest BCUT2D eigenvalue weighted by Gasteiger charge is -2.26. The molecule has 0 saturated heterocycles. The number of carboxylic acid groups (broad SMARTS) is 1. The minimum Gasteiger partial charge on any atom is -0.545 e. The van der Waals surface area contributed by atoms with Gasteiger partial charge in [-0.15, -0.1) is 0 Å². The lowest BCUT2D eigenvalue weighted by atomic mass is 10.0. The Morgan fingerprint density at radius 3 is 1.37 bits per heavy atom. The molecule has 0 saturated carbocycles. The SMILES string of the molecule is CC/C=C\C/C=C\C/C=C\C/C=C\C/C=C\CC(=O)OC(COC(=O)CCCCCCCCCCCCCCC/C=C\CCCCCCCCCC)COC(OCC[N+](C)(C)C)C(=O)[O-]. The van der Waals surface area contributed by atoms with Gasteiger partial charge in [-0.3, -0.25) is 9.59 Å². The van der Waals surface area contributed by atoms with E-state index < -0.39 is 24.3 Å². The molecule has 0 amide bonds. The van der Waals surface area contributed by atoms with Crippen molar-refractivity contribution < 1.29 is 42.9 Å². The number of esters is 2. The summed E-state index contributed by atoms with van der Waals surface area (Å²) in [7, 11) is 5.88. The van der Waals surface area contributed by atoms with Gasteiger partial charge < -0.3 is 33.3 Å². The third kappa shape index (κ3) is 48.5. The number of unbranched alkanes of at least 4 members (excludes halogenated alkanes) is 21. The maximum absolute atomic E-state index is 12.7. The lowest BCUT2D eigenvalue weighted by Crippen LogP contribution is -2.44. The second-order valence-corrected chi connectivity index (χ2v) is 18.4. The monoisotopic (exact) mass is 912 g/mol. The molecular weight excluding hydrogens is 815 g/mol. The van der Waals surface area contributed by atoms with Crippen molar-refractivity contribution in [1.82, 2.24) is 0 Å². The molecule has 0 N–H and O–H groups in total. The number of carbonyl (C=O) groups excluding carboxylic acids is 3. The molecule has 0 heterocycles. The van der Waals surface area contributed by atoms with Crippen molar-refractivity contribution in [3.8, 4) is 0 Å². The van der Waals surface area contributed by atoms with Gasteiger partial charge in [0.15, 0.2) is 12.4 Å². The van der Waals surface area contributed by atoms with E-state index in [-0.39, 0.29) is 38.6 Å². The number of hydrogen-bond donors (Lipinski definition) is 0. The predicted octanol–water partition coefficient (Wildman–Crippen LogP) is 13.3. The minimum atomic E-state index is -1.65. The second-order valence-electron chi connectivity index (χ2n) is 18.4. The fourth-order valence-corrected chi connectivity index (χ4v) is 6.96. The first-order valence-electron chi connectivity index (χ1n) is 26.1. The summed E-state index contributed by atoms with van der Waals surface area (Å²) in [6.07, 6.45) is 57.0. The number of carbonyl (C=O) groups is 3. The molecule has 0 rings (SSSR count). The first kappa shape index (κ1) is 61.7. The van der Waals surface area contributed by atoms with Gasteiger partial charge in [0.2, 0.25) is 0 Å². The van der Waals surface area contributed by atoms with Gasteiger partial charge in [0.1, 0.15) is 13.2 Å². The number of quaternary nitrogens is 1. The topological polar surface area (TPSA) is 111 Å². The van der Waals surface area contributed by atoms with Crippen LogP contribution in [-0.2, 0) is 33.3 Å². The molecule has 0 spiro atoms. The molecule has 0 aromatic rings. The average molecular weight is 912 g/mol. The number of allylic oxidation sites excluding steroid dienone is 11. The summed E-state index contributed by atoms with van der Waals surface area (Å²) < 4.78 is 22.5. The number of likely N-dealkylation sites (N-methyl/N-ethyl adjacent to an activating group) is 1. The van der Waals surface area contributed by atoms with Crippen molar-refractivity contribution in [2.75, 3.05) is 47.5 Å². The highest BCUT2D eigenvalue weighted by atomic mass is 16.7. The molecule has 0 aliphatic heterocycles. The number of rotatable bonds is 47. The van der Waals surface area contributed by atoms with Crippen molar-refractivity contribution in [3.63, 3.8) is 0 Å². The minimum absolute atomic E-state index is 0.0135. The Kier molecular flexibility index (Phi) is 44.9. The number of hydrogen-bond acceptors (Lipinski definition) is 8. The number of aliphatic carboxylic acids is 1. The van der Waals surface area contributed by atoms with Gasteiger partial charge in [-0.1, -0.05) is 202 Å². The number of ether oxygens (including phenoxy) is 4. The van der Waals surface area contributed by atoms with Crippen LogP contribution in [0.2, 0.25) is 0 Å². The highest BCUT2D eigenvalue weighted by molar-refractivity contribution is 5.71. The molecule has 0 radical (unpaired) electrons. The average Bonchev–Trinajstić information content (AvgIpc) is 3.27. The molecule has 2 unspecified atom stereocenters. The summed E-state index contributed by atoms with van der Waals surface area (Å²) in [4.78, 5) is 37.0.